The largest absolute Gasteiger partial charge is 0.337 e. The third-order valence-electron chi connectivity index (χ3n) is 4.28. The Labute approximate surface area is 146 Å². The van der Waals surface area contributed by atoms with Crippen LogP contribution in [0.3, 0.4) is 0 Å². The van der Waals surface area contributed by atoms with Crippen molar-refractivity contribution in [3.8, 4) is 0 Å². The Morgan fingerprint density at radius 1 is 1.33 bits per heavy atom. The average Bonchev–Trinajstić information content (AvgIpc) is 3.24. The molecule has 24 heavy (non-hydrogen) atoms. The predicted molar refractivity (Wildman–Crippen MR) is 95.9 cm³/mol. The number of hydrogen-bond donors (Lipinski definition) is 2. The number of carbonyl (C=O) groups excluding carboxylic acids is 1. The standard InChI is InChI=1S/C17H23N5OS/c1-17(7-4-8-24-17)11-20-16(23)19-9-14-5-2-3-6-15(14)10-22-13-18-12-21-22/h2-3,5-6,12-13H,4,7-11H2,1H3,(H2,19,20,23). The second-order valence-electron chi connectivity index (χ2n) is 6.30. The van der Waals surface area contributed by atoms with Gasteiger partial charge in [0.1, 0.15) is 12.7 Å². The summed E-state index contributed by atoms with van der Waals surface area (Å²) in [6, 6.07) is 7.94. The molecular formula is C17H23N5OS. The molecule has 1 atom stereocenters. The van der Waals surface area contributed by atoms with E-state index in [4.69, 9.17) is 0 Å². The van der Waals surface area contributed by atoms with Gasteiger partial charge in [-0.25, -0.2) is 14.5 Å². The summed E-state index contributed by atoms with van der Waals surface area (Å²) in [5.41, 5.74) is 2.21. The maximum atomic E-state index is 12.1. The van der Waals surface area contributed by atoms with E-state index in [1.54, 1.807) is 11.0 Å². The minimum Gasteiger partial charge on any atom is -0.337 e. The SMILES string of the molecule is CC1(CNC(=O)NCc2ccccc2Cn2cncn2)CCCS1. The molecule has 128 valence electrons. The van der Waals surface area contributed by atoms with E-state index in [-0.39, 0.29) is 10.8 Å². The second-order valence-corrected chi connectivity index (χ2v) is 7.98. The number of carbonyl (C=O) groups is 1. The van der Waals surface area contributed by atoms with Crippen LogP contribution in [0.5, 0.6) is 0 Å². The first-order valence-electron chi connectivity index (χ1n) is 8.19. The molecule has 0 aliphatic carbocycles. The molecule has 1 fully saturated rings. The van der Waals surface area contributed by atoms with E-state index in [9.17, 15) is 4.79 Å². The number of thioether (sulfide) groups is 1. The van der Waals surface area contributed by atoms with Crippen molar-refractivity contribution in [1.29, 1.82) is 0 Å². The summed E-state index contributed by atoms with van der Waals surface area (Å²) in [6.45, 7) is 4.08. The summed E-state index contributed by atoms with van der Waals surface area (Å²) in [6.07, 6.45) is 5.62. The van der Waals surface area contributed by atoms with Crippen LogP contribution < -0.4 is 10.6 Å². The van der Waals surface area contributed by atoms with Crippen LogP contribution in [0.4, 0.5) is 4.79 Å². The lowest BCUT2D eigenvalue weighted by Gasteiger charge is -2.23. The lowest BCUT2D eigenvalue weighted by Crippen LogP contribution is -2.42. The van der Waals surface area contributed by atoms with E-state index in [0.717, 1.165) is 11.1 Å². The Morgan fingerprint density at radius 2 is 2.17 bits per heavy atom. The van der Waals surface area contributed by atoms with E-state index >= 15 is 0 Å². The molecule has 7 heteroatoms. The van der Waals surface area contributed by atoms with Crippen LogP contribution in [0.1, 0.15) is 30.9 Å². The Bertz CT molecular complexity index is 667. The van der Waals surface area contributed by atoms with Gasteiger partial charge in [0.15, 0.2) is 0 Å². The van der Waals surface area contributed by atoms with Crippen molar-refractivity contribution in [2.24, 2.45) is 0 Å². The smallest absolute Gasteiger partial charge is 0.315 e. The lowest BCUT2D eigenvalue weighted by atomic mass is 10.1. The highest BCUT2D eigenvalue weighted by atomic mass is 32.2. The molecule has 0 bridgehead atoms. The number of benzene rings is 1. The molecule has 1 aliphatic heterocycles. The molecule has 6 nitrogen and oxygen atoms in total. The highest BCUT2D eigenvalue weighted by Crippen LogP contribution is 2.36. The molecule has 0 radical (unpaired) electrons. The Kier molecular flexibility index (Phi) is 5.40. The van der Waals surface area contributed by atoms with Gasteiger partial charge in [-0.3, -0.25) is 0 Å². The maximum absolute atomic E-state index is 12.1. The number of urea groups is 1. The van der Waals surface area contributed by atoms with Crippen molar-refractivity contribution in [2.45, 2.75) is 37.6 Å². The second kappa shape index (κ2) is 7.70. The number of amides is 2. The summed E-state index contributed by atoms with van der Waals surface area (Å²) < 4.78 is 1.96. The van der Waals surface area contributed by atoms with Crippen LogP contribution in [0.2, 0.25) is 0 Å². The number of aromatic nitrogens is 3. The van der Waals surface area contributed by atoms with E-state index in [2.05, 4.69) is 27.6 Å². The van der Waals surface area contributed by atoms with Crippen molar-refractivity contribution < 1.29 is 4.79 Å². The van der Waals surface area contributed by atoms with Crippen LogP contribution in [0, 0.1) is 0 Å². The lowest BCUT2D eigenvalue weighted by molar-refractivity contribution is 0.239. The number of nitrogens with zero attached hydrogens (tertiary/aromatic N) is 3. The minimum atomic E-state index is -0.112. The topological polar surface area (TPSA) is 71.8 Å². The highest BCUT2D eigenvalue weighted by molar-refractivity contribution is 8.00. The molecule has 1 aliphatic rings. The Morgan fingerprint density at radius 3 is 2.88 bits per heavy atom. The molecule has 1 saturated heterocycles. The van der Waals surface area contributed by atoms with E-state index in [0.29, 0.717) is 19.6 Å². The molecule has 0 spiro atoms. The summed E-state index contributed by atoms with van der Waals surface area (Å²) in [5, 5.41) is 10.1. The van der Waals surface area contributed by atoms with Crippen molar-refractivity contribution in [1.82, 2.24) is 25.4 Å². The van der Waals surface area contributed by atoms with Crippen molar-refractivity contribution in [3.05, 3.63) is 48.0 Å². The zero-order valence-electron chi connectivity index (χ0n) is 13.9. The summed E-state index contributed by atoms with van der Waals surface area (Å²) >= 11 is 1.95. The van der Waals surface area contributed by atoms with Crippen molar-refractivity contribution in [3.63, 3.8) is 0 Å². The van der Waals surface area contributed by atoms with Gasteiger partial charge in [0.2, 0.25) is 0 Å². The third-order valence-corrected chi connectivity index (χ3v) is 5.82. The van der Waals surface area contributed by atoms with Crippen LogP contribution >= 0.6 is 11.8 Å². The third kappa shape index (κ3) is 4.50. The van der Waals surface area contributed by atoms with E-state index in [1.807, 2.05) is 36.0 Å². The number of nitrogens with one attached hydrogen (secondary N) is 2. The van der Waals surface area contributed by atoms with Gasteiger partial charge in [-0.1, -0.05) is 24.3 Å². The average molecular weight is 345 g/mol. The van der Waals surface area contributed by atoms with E-state index < -0.39 is 0 Å². The van der Waals surface area contributed by atoms with Crippen LogP contribution in [-0.4, -0.2) is 37.8 Å². The van der Waals surface area contributed by atoms with Gasteiger partial charge in [0.05, 0.1) is 6.54 Å². The van der Waals surface area contributed by atoms with E-state index in [1.165, 1.54) is 24.9 Å². The summed E-state index contributed by atoms with van der Waals surface area (Å²) in [5.74, 6) is 1.19. The highest BCUT2D eigenvalue weighted by Gasteiger charge is 2.29. The Balaban J connectivity index is 1.51. The first-order valence-corrected chi connectivity index (χ1v) is 9.18. The molecule has 1 aromatic heterocycles. The van der Waals surface area contributed by atoms with Crippen LogP contribution in [0.15, 0.2) is 36.9 Å². The predicted octanol–water partition coefficient (Wildman–Crippen LogP) is 2.41. The molecule has 0 saturated carbocycles. The summed E-state index contributed by atoms with van der Waals surface area (Å²) in [7, 11) is 0. The molecular weight excluding hydrogens is 322 g/mol. The molecule has 2 N–H and O–H groups in total. The van der Waals surface area contributed by atoms with Crippen molar-refractivity contribution in [2.75, 3.05) is 12.3 Å². The summed E-state index contributed by atoms with van der Waals surface area (Å²) in [4.78, 5) is 16.0. The number of hydrogen-bond acceptors (Lipinski definition) is 4. The Hall–Kier alpha value is -2.02. The first-order chi connectivity index (χ1) is 11.6. The molecule has 2 amide bonds. The quantitative estimate of drug-likeness (QED) is 0.843. The van der Waals surface area contributed by atoms with Crippen LogP contribution in [-0.2, 0) is 13.1 Å². The minimum absolute atomic E-state index is 0.112. The fourth-order valence-corrected chi connectivity index (χ4v) is 4.10. The van der Waals surface area contributed by atoms with Gasteiger partial charge >= 0.3 is 6.03 Å². The van der Waals surface area contributed by atoms with Crippen LogP contribution in [0.25, 0.3) is 0 Å². The molecule has 1 unspecified atom stereocenters. The molecule has 3 rings (SSSR count). The van der Waals surface area contributed by atoms with Gasteiger partial charge in [-0.05, 0) is 36.6 Å². The molecule has 2 aromatic rings. The van der Waals surface area contributed by atoms with Crippen molar-refractivity contribution >= 4 is 17.8 Å². The van der Waals surface area contributed by atoms with Gasteiger partial charge in [-0.2, -0.15) is 16.9 Å². The zero-order valence-corrected chi connectivity index (χ0v) is 14.7. The first kappa shape index (κ1) is 16.8. The monoisotopic (exact) mass is 345 g/mol. The fraction of sp³-hybridized carbons (Fsp3) is 0.471. The number of rotatable bonds is 6. The van der Waals surface area contributed by atoms with Gasteiger partial charge in [0, 0.05) is 17.8 Å². The molecule has 1 aromatic carbocycles. The van der Waals surface area contributed by atoms with Gasteiger partial charge in [0.25, 0.3) is 0 Å². The normalized spacial score (nSPS) is 20.0. The zero-order chi connectivity index (χ0) is 16.8. The van der Waals surface area contributed by atoms with Gasteiger partial charge in [-0.15, -0.1) is 0 Å². The molecule has 2 heterocycles. The fourth-order valence-electron chi connectivity index (χ4n) is 2.85. The van der Waals surface area contributed by atoms with Gasteiger partial charge < -0.3 is 10.6 Å². The maximum Gasteiger partial charge on any atom is 0.315 e.